The normalized spacial score (nSPS) is 8.00. The van der Waals surface area contributed by atoms with E-state index in [4.69, 9.17) is 4.80 Å². The average molecular weight is 192 g/mol. The first-order valence-corrected chi connectivity index (χ1v) is 4.50. The van der Waals surface area contributed by atoms with E-state index >= 15 is 0 Å². The molecule has 0 spiro atoms. The molecule has 0 atom stereocenters. The fourth-order valence-corrected chi connectivity index (χ4v) is 0.821. The van der Waals surface area contributed by atoms with E-state index in [1.165, 1.54) is 16.7 Å². The van der Waals surface area contributed by atoms with Crippen LogP contribution in [0.25, 0.3) is 0 Å². The molecular formula is C9H15MgOSi+. The molecule has 0 radical (unpaired) electrons. The first-order chi connectivity index (χ1) is 5.22. The molecule has 62 valence electrons. The van der Waals surface area contributed by atoms with Crippen molar-refractivity contribution in [2.24, 2.45) is 0 Å². The SMILES string of the molecule is Cc1[c-]ccc(C)c1C.O[SiH3].[Mg+2]. The van der Waals surface area contributed by atoms with Crippen molar-refractivity contribution in [3.05, 3.63) is 34.9 Å². The van der Waals surface area contributed by atoms with Crippen molar-refractivity contribution >= 4 is 33.5 Å². The van der Waals surface area contributed by atoms with Gasteiger partial charge in [0.05, 0.1) is 0 Å². The van der Waals surface area contributed by atoms with Crippen molar-refractivity contribution in [3.8, 4) is 0 Å². The van der Waals surface area contributed by atoms with Crippen LogP contribution in [0.15, 0.2) is 12.1 Å². The third-order valence-electron chi connectivity index (χ3n) is 1.79. The molecule has 1 N–H and O–H groups in total. The maximum absolute atomic E-state index is 7.14. The Kier molecular flexibility index (Phi) is 9.53. The molecule has 0 aliphatic carbocycles. The number of rotatable bonds is 0. The van der Waals surface area contributed by atoms with E-state index < -0.39 is 0 Å². The van der Waals surface area contributed by atoms with Crippen LogP contribution in [0.2, 0.25) is 0 Å². The molecule has 0 aromatic heterocycles. The van der Waals surface area contributed by atoms with Gasteiger partial charge in [0.25, 0.3) is 0 Å². The fraction of sp³-hybridized carbons (Fsp3) is 0.333. The van der Waals surface area contributed by atoms with Gasteiger partial charge in [-0.3, -0.25) is 0 Å². The molecule has 0 aliphatic heterocycles. The van der Waals surface area contributed by atoms with E-state index in [2.05, 4.69) is 32.9 Å². The monoisotopic (exact) mass is 191 g/mol. The zero-order valence-electron chi connectivity index (χ0n) is 8.31. The Morgan fingerprint density at radius 3 is 2.08 bits per heavy atom. The summed E-state index contributed by atoms with van der Waals surface area (Å²) in [7, 11) is 0.306. The van der Waals surface area contributed by atoms with Crippen LogP contribution >= 0.6 is 0 Å². The van der Waals surface area contributed by atoms with Crippen molar-refractivity contribution in [1.29, 1.82) is 0 Å². The maximum atomic E-state index is 7.14. The van der Waals surface area contributed by atoms with Crippen molar-refractivity contribution in [3.63, 3.8) is 0 Å². The molecular weight excluding hydrogens is 176 g/mol. The van der Waals surface area contributed by atoms with Crippen molar-refractivity contribution in [1.82, 2.24) is 0 Å². The van der Waals surface area contributed by atoms with Gasteiger partial charge in [0, 0.05) is 0 Å². The van der Waals surface area contributed by atoms with Crippen LogP contribution < -0.4 is 0 Å². The van der Waals surface area contributed by atoms with Gasteiger partial charge in [0.15, 0.2) is 0 Å². The van der Waals surface area contributed by atoms with E-state index in [0.29, 0.717) is 10.5 Å². The van der Waals surface area contributed by atoms with Gasteiger partial charge in [-0.1, -0.05) is 20.8 Å². The maximum Gasteiger partial charge on any atom is 2.00 e. The molecule has 0 saturated heterocycles. The number of aryl methyl sites for hydroxylation is 2. The minimum Gasteiger partial charge on any atom is -0.442 e. The summed E-state index contributed by atoms with van der Waals surface area (Å²) in [4.78, 5) is 7.14. The Bertz CT molecular complexity index is 206. The minimum atomic E-state index is 0. The standard InChI is InChI=1S/C9H11.Mg.H4OSi/c1-7-5-4-6-8(2)9(7)3;;1-2/h4-5H,1-3H3;;1H,2H3/q-1;+2;. The second-order valence-corrected chi connectivity index (χ2v) is 2.41. The fourth-order valence-electron chi connectivity index (χ4n) is 0.821. The Balaban J connectivity index is 0. The van der Waals surface area contributed by atoms with Gasteiger partial charge in [-0.2, -0.15) is 34.9 Å². The molecule has 3 heteroatoms. The summed E-state index contributed by atoms with van der Waals surface area (Å²) in [6.07, 6.45) is 0. The molecule has 0 unspecified atom stereocenters. The van der Waals surface area contributed by atoms with E-state index in [1.807, 2.05) is 6.07 Å². The van der Waals surface area contributed by atoms with E-state index in [9.17, 15) is 0 Å². The quantitative estimate of drug-likeness (QED) is 0.462. The summed E-state index contributed by atoms with van der Waals surface area (Å²) in [6.45, 7) is 6.33. The summed E-state index contributed by atoms with van der Waals surface area (Å²) in [5.74, 6) is 0. The zero-order valence-corrected chi connectivity index (χ0v) is 11.7. The first kappa shape index (κ1) is 14.7. The summed E-state index contributed by atoms with van der Waals surface area (Å²) < 4.78 is 0. The Morgan fingerprint density at radius 1 is 1.25 bits per heavy atom. The second-order valence-electron chi connectivity index (χ2n) is 2.41. The summed E-state index contributed by atoms with van der Waals surface area (Å²) in [5.41, 5.74) is 3.97. The topological polar surface area (TPSA) is 20.2 Å². The Labute approximate surface area is 93.9 Å². The summed E-state index contributed by atoms with van der Waals surface area (Å²) in [6, 6.07) is 7.20. The van der Waals surface area contributed by atoms with Crippen molar-refractivity contribution in [2.75, 3.05) is 0 Å². The van der Waals surface area contributed by atoms with Crippen LogP contribution in [-0.2, 0) is 0 Å². The van der Waals surface area contributed by atoms with Gasteiger partial charge >= 0.3 is 23.1 Å². The Hall–Kier alpha value is 0.163. The number of benzene rings is 1. The summed E-state index contributed by atoms with van der Waals surface area (Å²) >= 11 is 0. The molecule has 0 aliphatic rings. The van der Waals surface area contributed by atoms with Crippen molar-refractivity contribution in [2.45, 2.75) is 20.8 Å². The largest absolute Gasteiger partial charge is 2.00 e. The molecule has 12 heavy (non-hydrogen) atoms. The van der Waals surface area contributed by atoms with Gasteiger partial charge < -0.3 is 4.80 Å². The van der Waals surface area contributed by atoms with Gasteiger partial charge in [-0.15, -0.1) is 0 Å². The van der Waals surface area contributed by atoms with Crippen LogP contribution in [0.3, 0.4) is 0 Å². The molecule has 0 amide bonds. The smallest absolute Gasteiger partial charge is 0.442 e. The van der Waals surface area contributed by atoms with Gasteiger partial charge in [0.1, 0.15) is 10.5 Å². The predicted molar refractivity (Wildman–Crippen MR) is 57.4 cm³/mol. The van der Waals surface area contributed by atoms with E-state index in [1.54, 1.807) is 0 Å². The zero-order chi connectivity index (χ0) is 8.85. The second kappa shape index (κ2) is 7.79. The third-order valence-corrected chi connectivity index (χ3v) is 1.79. The van der Waals surface area contributed by atoms with Crippen LogP contribution in [0.4, 0.5) is 0 Å². The van der Waals surface area contributed by atoms with Crippen LogP contribution in [0, 0.1) is 26.8 Å². The molecule has 1 aromatic rings. The minimum absolute atomic E-state index is 0. The predicted octanol–water partition coefficient (Wildman–Crippen LogP) is 0.290. The van der Waals surface area contributed by atoms with Crippen molar-refractivity contribution < 1.29 is 4.80 Å². The van der Waals surface area contributed by atoms with Gasteiger partial charge in [0.2, 0.25) is 0 Å². The molecule has 1 aromatic carbocycles. The molecule has 0 heterocycles. The molecule has 0 saturated carbocycles. The number of hydrogen-bond acceptors (Lipinski definition) is 1. The van der Waals surface area contributed by atoms with Crippen LogP contribution in [-0.4, -0.2) is 38.3 Å². The molecule has 1 rings (SSSR count). The molecule has 1 nitrogen and oxygen atoms in total. The van der Waals surface area contributed by atoms with Gasteiger partial charge in [-0.25, -0.2) is 0 Å². The third kappa shape index (κ3) is 4.25. The molecule has 0 bridgehead atoms. The van der Waals surface area contributed by atoms with Crippen LogP contribution in [0.1, 0.15) is 16.7 Å². The average Bonchev–Trinajstić information content (AvgIpc) is 2.04. The van der Waals surface area contributed by atoms with Gasteiger partial charge in [-0.05, 0) is 0 Å². The summed E-state index contributed by atoms with van der Waals surface area (Å²) in [5, 5.41) is 0. The first-order valence-electron chi connectivity index (χ1n) is 3.61. The van der Waals surface area contributed by atoms with E-state index in [0.717, 1.165) is 0 Å². The molecule has 0 fully saturated rings. The van der Waals surface area contributed by atoms with Crippen LogP contribution in [0.5, 0.6) is 0 Å². The number of hydrogen-bond donors (Lipinski definition) is 1. The van der Waals surface area contributed by atoms with E-state index in [-0.39, 0.29) is 23.1 Å². The Morgan fingerprint density at radius 2 is 1.75 bits per heavy atom.